The summed E-state index contributed by atoms with van der Waals surface area (Å²) in [6, 6.07) is 13.6. The minimum absolute atomic E-state index is 0.0139. The molecule has 3 rings (SSSR count). The number of carbonyl (C=O) groups excluding carboxylic acids is 1. The van der Waals surface area contributed by atoms with Gasteiger partial charge in [-0.05, 0) is 37.5 Å². The highest BCUT2D eigenvalue weighted by Gasteiger charge is 2.35. The third-order valence-corrected chi connectivity index (χ3v) is 4.61. The van der Waals surface area contributed by atoms with E-state index in [1.807, 2.05) is 37.3 Å². The van der Waals surface area contributed by atoms with E-state index in [0.29, 0.717) is 13.0 Å². The predicted molar refractivity (Wildman–Crippen MR) is 84.7 cm³/mol. The Labute approximate surface area is 134 Å². The summed E-state index contributed by atoms with van der Waals surface area (Å²) in [5.74, 6) is -1.53. The Morgan fingerprint density at radius 1 is 1.09 bits per heavy atom. The summed E-state index contributed by atoms with van der Waals surface area (Å²) in [7, 11) is 0. The normalized spacial score (nSPS) is 19.2. The van der Waals surface area contributed by atoms with Gasteiger partial charge < -0.3 is 4.90 Å². The largest absolute Gasteiger partial charge is 0.336 e. The van der Waals surface area contributed by atoms with Crippen molar-refractivity contribution in [1.82, 2.24) is 4.90 Å². The van der Waals surface area contributed by atoms with Crippen LogP contribution >= 0.6 is 0 Å². The topological polar surface area (TPSA) is 20.3 Å². The fourth-order valence-electron chi connectivity index (χ4n) is 3.22. The van der Waals surface area contributed by atoms with Gasteiger partial charge in [0.1, 0.15) is 11.6 Å². The summed E-state index contributed by atoms with van der Waals surface area (Å²) in [4.78, 5) is 14.4. The van der Waals surface area contributed by atoms with E-state index in [-0.39, 0.29) is 29.9 Å². The number of amides is 1. The molecule has 0 spiro atoms. The maximum Gasteiger partial charge on any atom is 0.226 e. The molecule has 2 aromatic carbocycles. The van der Waals surface area contributed by atoms with Crippen molar-refractivity contribution in [3.8, 4) is 0 Å². The van der Waals surface area contributed by atoms with Crippen LogP contribution in [0.2, 0.25) is 0 Å². The van der Waals surface area contributed by atoms with Crippen LogP contribution in [0.4, 0.5) is 8.78 Å². The van der Waals surface area contributed by atoms with Gasteiger partial charge in [0.25, 0.3) is 0 Å². The van der Waals surface area contributed by atoms with E-state index in [1.54, 1.807) is 4.90 Å². The molecule has 4 heteroatoms. The maximum absolute atomic E-state index is 13.8. The van der Waals surface area contributed by atoms with E-state index >= 15 is 0 Å². The van der Waals surface area contributed by atoms with Crippen molar-refractivity contribution in [3.05, 3.63) is 71.3 Å². The molecule has 2 atom stereocenters. The number of halogens is 2. The second-order valence-corrected chi connectivity index (χ2v) is 6.01. The molecule has 1 heterocycles. The Balaban J connectivity index is 1.74. The lowest BCUT2D eigenvalue weighted by Gasteiger charge is -2.25. The summed E-state index contributed by atoms with van der Waals surface area (Å²) in [5.41, 5.74) is 1.08. The highest BCUT2D eigenvalue weighted by molar-refractivity contribution is 5.81. The number of likely N-dealkylation sites (tertiary alicyclic amines) is 1. The number of hydrogen-bond acceptors (Lipinski definition) is 1. The molecular weight excluding hydrogens is 296 g/mol. The maximum atomic E-state index is 13.8. The van der Waals surface area contributed by atoms with Crippen molar-refractivity contribution in [2.45, 2.75) is 25.8 Å². The molecule has 1 amide bonds. The summed E-state index contributed by atoms with van der Waals surface area (Å²) in [5, 5.41) is 0. The number of hydrogen-bond donors (Lipinski definition) is 0. The van der Waals surface area contributed by atoms with E-state index in [9.17, 15) is 13.6 Å². The van der Waals surface area contributed by atoms with Crippen molar-refractivity contribution in [2.75, 3.05) is 6.54 Å². The molecule has 0 bridgehead atoms. The second kappa shape index (κ2) is 6.49. The minimum atomic E-state index is -0.577. The van der Waals surface area contributed by atoms with Crippen LogP contribution in [0.25, 0.3) is 0 Å². The first-order valence-corrected chi connectivity index (χ1v) is 7.86. The zero-order valence-corrected chi connectivity index (χ0v) is 13.0. The van der Waals surface area contributed by atoms with Gasteiger partial charge >= 0.3 is 0 Å². The Kier molecular flexibility index (Phi) is 4.42. The van der Waals surface area contributed by atoms with Gasteiger partial charge in [0.15, 0.2) is 0 Å². The molecule has 0 aliphatic carbocycles. The first-order chi connectivity index (χ1) is 11.1. The third kappa shape index (κ3) is 3.11. The van der Waals surface area contributed by atoms with E-state index < -0.39 is 11.6 Å². The van der Waals surface area contributed by atoms with Crippen molar-refractivity contribution in [1.29, 1.82) is 0 Å². The molecule has 0 N–H and O–H groups in total. The Bertz CT molecular complexity index is 682. The molecule has 0 aromatic heterocycles. The van der Waals surface area contributed by atoms with Crippen molar-refractivity contribution >= 4 is 5.91 Å². The van der Waals surface area contributed by atoms with Crippen molar-refractivity contribution < 1.29 is 13.6 Å². The van der Waals surface area contributed by atoms with Gasteiger partial charge in [-0.2, -0.15) is 0 Å². The molecule has 1 aliphatic heterocycles. The molecule has 0 radical (unpaired) electrons. The lowest BCUT2D eigenvalue weighted by Crippen LogP contribution is -2.31. The van der Waals surface area contributed by atoms with Crippen molar-refractivity contribution in [3.63, 3.8) is 0 Å². The van der Waals surface area contributed by atoms with Gasteiger partial charge in [0.05, 0.1) is 6.04 Å². The quantitative estimate of drug-likeness (QED) is 0.831. The van der Waals surface area contributed by atoms with Gasteiger partial charge in [-0.3, -0.25) is 4.79 Å². The lowest BCUT2D eigenvalue weighted by molar-refractivity contribution is -0.132. The number of benzene rings is 2. The van der Waals surface area contributed by atoms with Crippen LogP contribution in [-0.2, 0) is 11.2 Å². The summed E-state index contributed by atoms with van der Waals surface area (Å²) in [6.45, 7) is 2.61. The average molecular weight is 315 g/mol. The van der Waals surface area contributed by atoms with Gasteiger partial charge in [0.2, 0.25) is 5.91 Å². The van der Waals surface area contributed by atoms with E-state index in [0.717, 1.165) is 5.56 Å². The number of rotatable bonds is 4. The molecule has 23 heavy (non-hydrogen) atoms. The lowest BCUT2D eigenvalue weighted by atomic mass is 9.97. The van der Waals surface area contributed by atoms with E-state index in [4.69, 9.17) is 0 Å². The van der Waals surface area contributed by atoms with Crippen LogP contribution in [0.5, 0.6) is 0 Å². The summed E-state index contributed by atoms with van der Waals surface area (Å²) in [6.07, 6.45) is 0.749. The van der Waals surface area contributed by atoms with Crippen LogP contribution in [0.3, 0.4) is 0 Å². The van der Waals surface area contributed by atoms with Gasteiger partial charge in [0, 0.05) is 18.0 Å². The number of nitrogens with zero attached hydrogens (tertiary/aromatic N) is 1. The standard InChI is InChI=1S/C19H19F2NO/c1-13(14-6-3-2-4-7-14)22-11-10-15(19(22)23)12-16-17(20)8-5-9-18(16)21/h2-9,13,15H,10-12H2,1H3/t13-,15?/m1/s1. The van der Waals surface area contributed by atoms with Gasteiger partial charge in [-0.15, -0.1) is 0 Å². The fourth-order valence-corrected chi connectivity index (χ4v) is 3.22. The molecule has 1 unspecified atom stereocenters. The molecule has 2 nitrogen and oxygen atoms in total. The zero-order chi connectivity index (χ0) is 16.4. The minimum Gasteiger partial charge on any atom is -0.336 e. The molecule has 2 aromatic rings. The Morgan fingerprint density at radius 2 is 1.74 bits per heavy atom. The average Bonchev–Trinajstić information content (AvgIpc) is 2.92. The van der Waals surface area contributed by atoms with Crippen LogP contribution in [0.1, 0.15) is 30.5 Å². The monoisotopic (exact) mass is 315 g/mol. The zero-order valence-electron chi connectivity index (χ0n) is 13.0. The molecule has 1 aliphatic rings. The van der Waals surface area contributed by atoms with Crippen LogP contribution in [0.15, 0.2) is 48.5 Å². The number of carbonyl (C=O) groups is 1. The Morgan fingerprint density at radius 3 is 2.39 bits per heavy atom. The van der Waals surface area contributed by atoms with Crippen LogP contribution in [-0.4, -0.2) is 17.4 Å². The smallest absolute Gasteiger partial charge is 0.226 e. The molecular formula is C19H19F2NO. The van der Waals surface area contributed by atoms with E-state index in [2.05, 4.69) is 0 Å². The SMILES string of the molecule is C[C@H](c1ccccc1)N1CCC(Cc2c(F)cccc2F)C1=O. The molecule has 1 fully saturated rings. The second-order valence-electron chi connectivity index (χ2n) is 6.01. The Hall–Kier alpha value is -2.23. The molecule has 120 valence electrons. The first-order valence-electron chi connectivity index (χ1n) is 7.86. The van der Waals surface area contributed by atoms with Gasteiger partial charge in [-0.25, -0.2) is 8.78 Å². The van der Waals surface area contributed by atoms with Crippen LogP contribution in [0, 0.1) is 17.6 Å². The predicted octanol–water partition coefficient (Wildman–Crippen LogP) is 4.12. The molecule has 1 saturated heterocycles. The summed E-state index contributed by atoms with van der Waals surface area (Å²) < 4.78 is 27.6. The van der Waals surface area contributed by atoms with Crippen molar-refractivity contribution in [2.24, 2.45) is 5.92 Å². The summed E-state index contributed by atoms with van der Waals surface area (Å²) >= 11 is 0. The van der Waals surface area contributed by atoms with E-state index in [1.165, 1.54) is 18.2 Å². The fraction of sp³-hybridized carbons (Fsp3) is 0.316. The first kappa shape index (κ1) is 15.7. The third-order valence-electron chi connectivity index (χ3n) is 4.61. The van der Waals surface area contributed by atoms with Gasteiger partial charge in [-0.1, -0.05) is 36.4 Å². The highest BCUT2D eigenvalue weighted by atomic mass is 19.1. The highest BCUT2D eigenvalue weighted by Crippen LogP contribution is 2.31. The van der Waals surface area contributed by atoms with Crippen LogP contribution < -0.4 is 0 Å². The molecule has 0 saturated carbocycles.